The van der Waals surface area contributed by atoms with Crippen LogP contribution in [0.1, 0.15) is 30.6 Å². The van der Waals surface area contributed by atoms with Gasteiger partial charge in [0, 0.05) is 23.5 Å². The van der Waals surface area contributed by atoms with E-state index in [0.29, 0.717) is 4.47 Å². The Balaban J connectivity index is 2.58. The van der Waals surface area contributed by atoms with Crippen molar-refractivity contribution in [1.29, 1.82) is 0 Å². The normalized spacial score (nSPS) is 10.5. The molecule has 0 radical (unpaired) electrons. The summed E-state index contributed by atoms with van der Waals surface area (Å²) < 4.78 is 13.6. The molecule has 0 unspecified atom stereocenters. The molecule has 23 heavy (non-hydrogen) atoms. The summed E-state index contributed by atoms with van der Waals surface area (Å²) in [4.78, 5) is 35.9. The lowest BCUT2D eigenvalue weighted by Gasteiger charge is -2.24. The number of carboxylic acid groups (broad SMARTS) is 1. The minimum absolute atomic E-state index is 0.0312. The van der Waals surface area contributed by atoms with E-state index in [2.05, 4.69) is 21.2 Å². The Bertz CT molecular complexity index is 607. The first-order chi connectivity index (χ1) is 10.7. The molecule has 1 aromatic carbocycles. The van der Waals surface area contributed by atoms with Crippen LogP contribution in [0.3, 0.4) is 0 Å². The van der Waals surface area contributed by atoms with Crippen molar-refractivity contribution in [2.24, 2.45) is 0 Å². The quantitative estimate of drug-likeness (QED) is 0.747. The number of aliphatic carboxylic acids is 1. The highest BCUT2D eigenvalue weighted by Gasteiger charge is 2.20. The lowest BCUT2D eigenvalue weighted by Crippen LogP contribution is -2.42. The first-order valence-corrected chi connectivity index (χ1v) is 7.76. The van der Waals surface area contributed by atoms with Gasteiger partial charge in [-0.15, -0.1) is 0 Å². The van der Waals surface area contributed by atoms with Crippen molar-refractivity contribution in [1.82, 2.24) is 10.2 Å². The molecule has 0 saturated heterocycles. The van der Waals surface area contributed by atoms with Gasteiger partial charge in [-0.05, 0) is 48.0 Å². The second-order valence-corrected chi connectivity index (χ2v) is 5.99. The minimum Gasteiger partial charge on any atom is -0.480 e. The summed E-state index contributed by atoms with van der Waals surface area (Å²) in [5.74, 6) is -2.53. The third-order valence-electron chi connectivity index (χ3n) is 3.05. The Morgan fingerprint density at radius 2 is 2.00 bits per heavy atom. The standard InChI is InChI=1S/C15H18BrFN2O4/c1-9(2)19(8-14(21)22)13(20)5-6-18-15(23)11-7-10(17)3-4-12(11)16/h3-4,7,9H,5-6,8H2,1-2H3,(H,18,23)(H,21,22). The van der Waals surface area contributed by atoms with Gasteiger partial charge in [-0.25, -0.2) is 4.39 Å². The molecule has 0 spiro atoms. The van der Waals surface area contributed by atoms with Gasteiger partial charge < -0.3 is 15.3 Å². The number of carbonyl (C=O) groups is 3. The van der Waals surface area contributed by atoms with Crippen LogP contribution in [0.25, 0.3) is 0 Å². The molecule has 0 aliphatic heterocycles. The van der Waals surface area contributed by atoms with Gasteiger partial charge in [0.2, 0.25) is 5.91 Å². The molecule has 6 nitrogen and oxygen atoms in total. The number of carbonyl (C=O) groups excluding carboxylic acids is 2. The van der Waals surface area contributed by atoms with Crippen LogP contribution in [0.4, 0.5) is 4.39 Å². The number of hydrogen-bond acceptors (Lipinski definition) is 3. The van der Waals surface area contributed by atoms with E-state index in [-0.39, 0.29) is 37.0 Å². The smallest absolute Gasteiger partial charge is 0.323 e. The Morgan fingerprint density at radius 3 is 2.57 bits per heavy atom. The molecule has 0 aliphatic carbocycles. The van der Waals surface area contributed by atoms with Crippen LogP contribution in [0, 0.1) is 5.82 Å². The number of halogens is 2. The predicted molar refractivity (Wildman–Crippen MR) is 85.5 cm³/mol. The minimum atomic E-state index is -1.10. The van der Waals surface area contributed by atoms with Crippen molar-refractivity contribution in [2.45, 2.75) is 26.3 Å². The van der Waals surface area contributed by atoms with Gasteiger partial charge in [0.1, 0.15) is 12.4 Å². The van der Waals surface area contributed by atoms with Crippen molar-refractivity contribution in [2.75, 3.05) is 13.1 Å². The van der Waals surface area contributed by atoms with Gasteiger partial charge in [-0.3, -0.25) is 14.4 Å². The fourth-order valence-electron chi connectivity index (χ4n) is 1.90. The number of rotatable bonds is 7. The zero-order valence-electron chi connectivity index (χ0n) is 12.8. The summed E-state index contributed by atoms with van der Waals surface area (Å²) in [6, 6.07) is 3.47. The van der Waals surface area contributed by atoms with E-state index >= 15 is 0 Å². The third-order valence-corrected chi connectivity index (χ3v) is 3.74. The molecular formula is C15H18BrFN2O4. The van der Waals surface area contributed by atoms with E-state index in [9.17, 15) is 18.8 Å². The lowest BCUT2D eigenvalue weighted by molar-refractivity contribution is -0.145. The summed E-state index contributed by atoms with van der Waals surface area (Å²) >= 11 is 3.15. The SMILES string of the molecule is CC(C)N(CC(=O)O)C(=O)CCNC(=O)c1cc(F)ccc1Br. The fraction of sp³-hybridized carbons (Fsp3) is 0.400. The predicted octanol–water partition coefficient (Wildman–Crippen LogP) is 2.03. The zero-order chi connectivity index (χ0) is 17.6. The Hall–Kier alpha value is -1.96. The first-order valence-electron chi connectivity index (χ1n) is 6.97. The van der Waals surface area contributed by atoms with E-state index in [1.807, 2.05) is 0 Å². The number of amides is 2. The average molecular weight is 389 g/mol. The number of nitrogens with one attached hydrogen (secondary N) is 1. The molecular weight excluding hydrogens is 371 g/mol. The highest BCUT2D eigenvalue weighted by Crippen LogP contribution is 2.17. The maximum Gasteiger partial charge on any atom is 0.323 e. The van der Waals surface area contributed by atoms with Gasteiger partial charge in [0.25, 0.3) is 5.91 Å². The van der Waals surface area contributed by atoms with E-state index in [1.54, 1.807) is 13.8 Å². The molecule has 126 valence electrons. The van der Waals surface area contributed by atoms with Gasteiger partial charge >= 0.3 is 5.97 Å². The highest BCUT2D eigenvalue weighted by molar-refractivity contribution is 9.10. The van der Waals surface area contributed by atoms with Gasteiger partial charge in [-0.1, -0.05) is 0 Å². The fourth-order valence-corrected chi connectivity index (χ4v) is 2.32. The summed E-state index contributed by atoms with van der Waals surface area (Å²) in [6.07, 6.45) is -0.0376. The monoisotopic (exact) mass is 388 g/mol. The van der Waals surface area contributed by atoms with Crippen LogP contribution < -0.4 is 5.32 Å². The van der Waals surface area contributed by atoms with Gasteiger partial charge in [0.15, 0.2) is 0 Å². The average Bonchev–Trinajstić information content (AvgIpc) is 2.46. The Kier molecular flexibility index (Phi) is 7.15. The number of hydrogen-bond donors (Lipinski definition) is 2. The summed E-state index contributed by atoms with van der Waals surface area (Å²) in [5.41, 5.74) is 0.128. The molecule has 1 rings (SSSR count). The van der Waals surface area contributed by atoms with Crippen LogP contribution >= 0.6 is 15.9 Å². The Labute approximate surface area is 141 Å². The largest absolute Gasteiger partial charge is 0.480 e. The van der Waals surface area contributed by atoms with Crippen LogP contribution in [0.2, 0.25) is 0 Å². The molecule has 0 saturated carbocycles. The van der Waals surface area contributed by atoms with E-state index < -0.39 is 17.7 Å². The molecule has 0 bridgehead atoms. The molecule has 2 N–H and O–H groups in total. The molecule has 0 atom stereocenters. The lowest BCUT2D eigenvalue weighted by atomic mass is 10.2. The van der Waals surface area contributed by atoms with Crippen molar-refractivity contribution >= 4 is 33.7 Å². The summed E-state index contributed by atoms with van der Waals surface area (Å²) in [5, 5.41) is 11.3. The number of benzene rings is 1. The second-order valence-electron chi connectivity index (χ2n) is 5.14. The topological polar surface area (TPSA) is 86.7 Å². The molecule has 8 heteroatoms. The Morgan fingerprint density at radius 1 is 1.35 bits per heavy atom. The molecule has 1 aromatic rings. The third kappa shape index (κ3) is 5.97. The van der Waals surface area contributed by atoms with E-state index in [0.717, 1.165) is 6.07 Å². The van der Waals surface area contributed by atoms with Crippen LogP contribution in [-0.4, -0.2) is 46.9 Å². The zero-order valence-corrected chi connectivity index (χ0v) is 14.4. The van der Waals surface area contributed by atoms with Crippen molar-refractivity contribution in [3.63, 3.8) is 0 Å². The number of nitrogens with zero attached hydrogens (tertiary/aromatic N) is 1. The first kappa shape index (κ1) is 19.1. The van der Waals surface area contributed by atoms with E-state index in [1.165, 1.54) is 17.0 Å². The second kappa shape index (κ2) is 8.61. The van der Waals surface area contributed by atoms with Crippen molar-refractivity contribution in [3.8, 4) is 0 Å². The van der Waals surface area contributed by atoms with Crippen LogP contribution in [0.15, 0.2) is 22.7 Å². The molecule has 0 fully saturated rings. The summed E-state index contributed by atoms with van der Waals surface area (Å²) in [6.45, 7) is 3.07. The molecule has 0 aliphatic rings. The van der Waals surface area contributed by atoms with Crippen molar-refractivity contribution < 1.29 is 23.9 Å². The van der Waals surface area contributed by atoms with Gasteiger partial charge in [-0.2, -0.15) is 0 Å². The molecule has 0 heterocycles. The van der Waals surface area contributed by atoms with Crippen molar-refractivity contribution in [3.05, 3.63) is 34.1 Å². The van der Waals surface area contributed by atoms with Crippen LogP contribution in [-0.2, 0) is 9.59 Å². The van der Waals surface area contributed by atoms with E-state index in [4.69, 9.17) is 5.11 Å². The maximum absolute atomic E-state index is 13.2. The highest BCUT2D eigenvalue weighted by atomic mass is 79.9. The maximum atomic E-state index is 13.2. The van der Waals surface area contributed by atoms with Crippen LogP contribution in [0.5, 0.6) is 0 Å². The van der Waals surface area contributed by atoms with Gasteiger partial charge in [0.05, 0.1) is 5.56 Å². The number of carboxylic acids is 1. The summed E-state index contributed by atoms with van der Waals surface area (Å²) in [7, 11) is 0. The molecule has 2 amide bonds. The molecule has 0 aromatic heterocycles.